The maximum absolute atomic E-state index is 12.0. The largest absolute Gasteiger partial charge is 0.455 e. The number of anilines is 1. The van der Waals surface area contributed by atoms with Crippen LogP contribution in [-0.4, -0.2) is 23.7 Å². The van der Waals surface area contributed by atoms with Crippen molar-refractivity contribution in [3.05, 3.63) is 59.1 Å². The minimum absolute atomic E-state index is 0.275. The molecule has 5 nitrogen and oxygen atoms in total. The van der Waals surface area contributed by atoms with Crippen LogP contribution in [0.3, 0.4) is 0 Å². The Balaban J connectivity index is 1.86. The van der Waals surface area contributed by atoms with Crippen molar-refractivity contribution >= 4 is 40.9 Å². The molecule has 0 aromatic heterocycles. The van der Waals surface area contributed by atoms with Gasteiger partial charge in [-0.05, 0) is 37.3 Å². The van der Waals surface area contributed by atoms with E-state index in [0.29, 0.717) is 5.02 Å². The van der Waals surface area contributed by atoms with Gasteiger partial charge < -0.3 is 10.1 Å². The number of nitrogens with zero attached hydrogens (tertiary/aromatic N) is 1. The van der Waals surface area contributed by atoms with Crippen LogP contribution >= 0.6 is 23.4 Å². The van der Waals surface area contributed by atoms with Gasteiger partial charge in [-0.1, -0.05) is 29.8 Å². The molecule has 0 aliphatic carbocycles. The second kappa shape index (κ2) is 9.11. The molecule has 7 heteroatoms. The van der Waals surface area contributed by atoms with E-state index in [-0.39, 0.29) is 11.3 Å². The second-order valence-electron chi connectivity index (χ2n) is 5.03. The van der Waals surface area contributed by atoms with Gasteiger partial charge in [-0.2, -0.15) is 5.26 Å². The fourth-order valence-electron chi connectivity index (χ4n) is 1.91. The normalized spacial score (nSPS) is 11.2. The topological polar surface area (TPSA) is 79.2 Å². The highest BCUT2D eigenvalue weighted by atomic mass is 35.5. The van der Waals surface area contributed by atoms with Gasteiger partial charge in [-0.25, -0.2) is 0 Å². The minimum Gasteiger partial charge on any atom is -0.455 e. The van der Waals surface area contributed by atoms with E-state index in [2.05, 4.69) is 5.32 Å². The summed E-state index contributed by atoms with van der Waals surface area (Å²) in [4.78, 5) is 24.9. The SMILES string of the molecule is C[C@H](Sc1ccccc1)C(=O)OCC(=O)Nc1cc(Cl)ccc1C#N. The number of carbonyl (C=O) groups excluding carboxylic acids is 2. The van der Waals surface area contributed by atoms with Gasteiger partial charge in [0.1, 0.15) is 11.3 Å². The number of carbonyl (C=O) groups is 2. The van der Waals surface area contributed by atoms with Crippen LogP contribution in [0, 0.1) is 11.3 Å². The van der Waals surface area contributed by atoms with Crippen molar-refractivity contribution in [2.75, 3.05) is 11.9 Å². The van der Waals surface area contributed by atoms with Crippen LogP contribution < -0.4 is 5.32 Å². The Bertz CT molecular complexity index is 806. The molecule has 0 bridgehead atoms. The third-order valence-corrected chi connectivity index (χ3v) is 4.44. The molecule has 2 aromatic carbocycles. The quantitative estimate of drug-likeness (QED) is 0.613. The first-order chi connectivity index (χ1) is 12.0. The van der Waals surface area contributed by atoms with Crippen LogP contribution in [-0.2, 0) is 14.3 Å². The zero-order valence-corrected chi connectivity index (χ0v) is 14.9. The van der Waals surface area contributed by atoms with Crippen molar-refractivity contribution in [2.45, 2.75) is 17.1 Å². The van der Waals surface area contributed by atoms with E-state index in [1.54, 1.807) is 13.0 Å². The minimum atomic E-state index is -0.538. The van der Waals surface area contributed by atoms with E-state index in [1.807, 2.05) is 36.4 Å². The lowest BCUT2D eigenvalue weighted by molar-refractivity contribution is -0.146. The van der Waals surface area contributed by atoms with Crippen LogP contribution in [0.2, 0.25) is 5.02 Å². The van der Waals surface area contributed by atoms with Crippen LogP contribution in [0.1, 0.15) is 12.5 Å². The maximum atomic E-state index is 12.0. The molecule has 0 saturated carbocycles. The van der Waals surface area contributed by atoms with Crippen LogP contribution in [0.5, 0.6) is 0 Å². The van der Waals surface area contributed by atoms with Crippen molar-refractivity contribution < 1.29 is 14.3 Å². The highest BCUT2D eigenvalue weighted by Gasteiger charge is 2.17. The summed E-state index contributed by atoms with van der Waals surface area (Å²) in [7, 11) is 0. The van der Waals surface area contributed by atoms with Gasteiger partial charge in [0, 0.05) is 9.92 Å². The molecule has 0 aliphatic rings. The van der Waals surface area contributed by atoms with Crippen molar-refractivity contribution in [2.24, 2.45) is 0 Å². The smallest absolute Gasteiger partial charge is 0.319 e. The molecule has 0 unspecified atom stereocenters. The van der Waals surface area contributed by atoms with Gasteiger partial charge in [0.15, 0.2) is 6.61 Å². The number of nitriles is 1. The molecule has 0 spiro atoms. The third kappa shape index (κ3) is 5.82. The second-order valence-corrected chi connectivity index (χ2v) is 6.88. The molecule has 128 valence electrons. The predicted molar refractivity (Wildman–Crippen MR) is 97.5 cm³/mol. The van der Waals surface area contributed by atoms with Crippen molar-refractivity contribution in [3.63, 3.8) is 0 Å². The Morgan fingerprint density at radius 3 is 2.68 bits per heavy atom. The monoisotopic (exact) mass is 374 g/mol. The zero-order chi connectivity index (χ0) is 18.2. The molecule has 0 radical (unpaired) electrons. The summed E-state index contributed by atoms with van der Waals surface area (Å²) in [6.07, 6.45) is 0. The third-order valence-electron chi connectivity index (χ3n) is 3.11. The molecular formula is C18H15ClN2O3S. The van der Waals surface area contributed by atoms with E-state index in [4.69, 9.17) is 21.6 Å². The summed E-state index contributed by atoms with van der Waals surface area (Å²) < 4.78 is 5.03. The van der Waals surface area contributed by atoms with Crippen molar-refractivity contribution in [3.8, 4) is 6.07 Å². The van der Waals surface area contributed by atoms with Gasteiger partial charge in [0.2, 0.25) is 0 Å². The summed E-state index contributed by atoms with van der Waals surface area (Å²) in [5.41, 5.74) is 0.555. The number of benzene rings is 2. The Kier molecular flexibility index (Phi) is 6.87. The average molecular weight is 375 g/mol. The molecule has 25 heavy (non-hydrogen) atoms. The van der Waals surface area contributed by atoms with E-state index >= 15 is 0 Å². The number of amides is 1. The molecule has 1 atom stereocenters. The summed E-state index contributed by atoms with van der Waals surface area (Å²) in [5.74, 6) is -1.03. The molecule has 0 saturated heterocycles. The molecule has 0 fully saturated rings. The van der Waals surface area contributed by atoms with Crippen LogP contribution in [0.4, 0.5) is 5.69 Å². The fourth-order valence-corrected chi connectivity index (χ4v) is 2.97. The average Bonchev–Trinajstić information content (AvgIpc) is 2.60. The predicted octanol–water partition coefficient (Wildman–Crippen LogP) is 3.87. The van der Waals surface area contributed by atoms with Gasteiger partial charge in [0.25, 0.3) is 5.91 Å². The standard InChI is InChI=1S/C18H15ClN2O3S/c1-12(25-15-5-3-2-4-6-15)18(23)24-11-17(22)21-16-9-14(19)8-7-13(16)10-20/h2-9,12H,11H2,1H3,(H,21,22)/t12-/m0/s1. The number of ether oxygens (including phenoxy) is 1. The molecule has 2 aromatic rings. The zero-order valence-electron chi connectivity index (χ0n) is 13.4. The van der Waals surface area contributed by atoms with E-state index < -0.39 is 23.7 Å². The van der Waals surface area contributed by atoms with E-state index in [1.165, 1.54) is 23.9 Å². The Morgan fingerprint density at radius 1 is 1.28 bits per heavy atom. The Morgan fingerprint density at radius 2 is 2.00 bits per heavy atom. The van der Waals surface area contributed by atoms with Gasteiger partial charge >= 0.3 is 5.97 Å². The summed E-state index contributed by atoms with van der Waals surface area (Å²) in [5, 5.41) is 11.5. The van der Waals surface area contributed by atoms with Crippen LogP contribution in [0.15, 0.2) is 53.4 Å². The summed E-state index contributed by atoms with van der Waals surface area (Å²) >= 11 is 7.20. The van der Waals surface area contributed by atoms with Crippen LogP contribution in [0.25, 0.3) is 0 Å². The highest BCUT2D eigenvalue weighted by molar-refractivity contribution is 8.00. The number of esters is 1. The van der Waals surface area contributed by atoms with E-state index in [0.717, 1.165) is 4.90 Å². The van der Waals surface area contributed by atoms with Gasteiger partial charge in [-0.3, -0.25) is 9.59 Å². The number of hydrogen-bond donors (Lipinski definition) is 1. The number of halogens is 1. The molecule has 1 amide bonds. The summed E-state index contributed by atoms with van der Waals surface area (Å²) in [6.45, 7) is 1.28. The maximum Gasteiger partial charge on any atom is 0.319 e. The lowest BCUT2D eigenvalue weighted by Gasteiger charge is -2.12. The number of nitrogens with one attached hydrogen (secondary N) is 1. The first-order valence-corrected chi connectivity index (χ1v) is 8.63. The molecule has 1 N–H and O–H groups in total. The number of hydrogen-bond acceptors (Lipinski definition) is 5. The number of thioether (sulfide) groups is 1. The lowest BCUT2D eigenvalue weighted by Crippen LogP contribution is -2.25. The Labute approximate surface area is 154 Å². The number of rotatable bonds is 6. The first kappa shape index (κ1) is 18.8. The summed E-state index contributed by atoms with van der Waals surface area (Å²) in [6, 6.07) is 15.9. The lowest BCUT2D eigenvalue weighted by atomic mass is 10.2. The van der Waals surface area contributed by atoms with Crippen molar-refractivity contribution in [1.29, 1.82) is 5.26 Å². The first-order valence-electron chi connectivity index (χ1n) is 7.37. The molecular weight excluding hydrogens is 360 g/mol. The van der Waals surface area contributed by atoms with E-state index in [9.17, 15) is 9.59 Å². The van der Waals surface area contributed by atoms with Crippen molar-refractivity contribution in [1.82, 2.24) is 0 Å². The Hall–Kier alpha value is -2.49. The highest BCUT2D eigenvalue weighted by Crippen LogP contribution is 2.23. The molecule has 0 aliphatic heterocycles. The fraction of sp³-hybridized carbons (Fsp3) is 0.167. The molecule has 2 rings (SSSR count). The molecule has 0 heterocycles. The van der Waals surface area contributed by atoms with Gasteiger partial charge in [-0.15, -0.1) is 11.8 Å². The van der Waals surface area contributed by atoms with Gasteiger partial charge in [0.05, 0.1) is 11.3 Å².